The normalized spacial score (nSPS) is 20.7. The highest BCUT2D eigenvalue weighted by molar-refractivity contribution is 6.00. The van der Waals surface area contributed by atoms with Crippen molar-refractivity contribution in [3.8, 4) is 11.3 Å². The molecule has 1 aliphatic carbocycles. The Hall–Kier alpha value is -2.73. The van der Waals surface area contributed by atoms with Crippen LogP contribution in [0.2, 0.25) is 0 Å². The predicted molar refractivity (Wildman–Crippen MR) is 98.8 cm³/mol. The number of aromatic nitrogens is 3. The average Bonchev–Trinajstić information content (AvgIpc) is 3.01. The molecule has 1 aliphatic rings. The number of hydrogen-bond acceptors (Lipinski definition) is 4. The number of rotatable bonds is 3. The van der Waals surface area contributed by atoms with Crippen molar-refractivity contribution in [3.63, 3.8) is 0 Å². The first-order chi connectivity index (χ1) is 12.7. The van der Waals surface area contributed by atoms with E-state index in [0.717, 1.165) is 43.4 Å². The van der Waals surface area contributed by atoms with E-state index in [1.807, 2.05) is 36.4 Å². The summed E-state index contributed by atoms with van der Waals surface area (Å²) in [7, 11) is 0. The number of carbonyl (C=O) groups excluding carboxylic acids is 1. The average molecular weight is 350 g/mol. The fourth-order valence-corrected chi connectivity index (χ4v) is 3.58. The number of benzene rings is 1. The fraction of sp³-hybridized carbons (Fsp3) is 0.350. The van der Waals surface area contributed by atoms with Crippen molar-refractivity contribution in [3.05, 3.63) is 54.4 Å². The second kappa shape index (κ2) is 7.25. The number of aliphatic hydroxyl groups is 1. The van der Waals surface area contributed by atoms with Crippen LogP contribution < -0.4 is 5.32 Å². The van der Waals surface area contributed by atoms with Gasteiger partial charge in [-0.1, -0.05) is 49.6 Å². The van der Waals surface area contributed by atoms with E-state index in [1.165, 1.54) is 0 Å². The van der Waals surface area contributed by atoms with E-state index in [-0.39, 0.29) is 11.9 Å². The zero-order valence-electron chi connectivity index (χ0n) is 14.5. The Morgan fingerprint density at radius 1 is 1.12 bits per heavy atom. The van der Waals surface area contributed by atoms with Gasteiger partial charge >= 0.3 is 0 Å². The minimum atomic E-state index is -0.490. The van der Waals surface area contributed by atoms with Crippen LogP contribution in [0.25, 0.3) is 16.9 Å². The number of hydrogen-bond donors (Lipinski definition) is 2. The van der Waals surface area contributed by atoms with Gasteiger partial charge in [-0.3, -0.25) is 4.79 Å². The molecule has 2 atom stereocenters. The van der Waals surface area contributed by atoms with Gasteiger partial charge in [-0.15, -0.1) is 0 Å². The summed E-state index contributed by atoms with van der Waals surface area (Å²) in [6.07, 6.45) is 7.41. The number of fused-ring (bicyclic) bond motifs is 1. The first-order valence-electron chi connectivity index (χ1n) is 9.11. The van der Waals surface area contributed by atoms with Crippen molar-refractivity contribution < 1.29 is 9.90 Å². The molecular weight excluding hydrogens is 328 g/mol. The van der Waals surface area contributed by atoms with Crippen molar-refractivity contribution >= 4 is 11.6 Å². The first kappa shape index (κ1) is 16.7. The lowest BCUT2D eigenvalue weighted by molar-refractivity contribution is 0.0820. The Bertz CT molecular complexity index is 907. The Morgan fingerprint density at radius 2 is 1.92 bits per heavy atom. The third-order valence-corrected chi connectivity index (χ3v) is 5.01. The molecule has 0 bridgehead atoms. The number of aliphatic hydroxyl groups excluding tert-OH is 1. The van der Waals surface area contributed by atoms with E-state index in [2.05, 4.69) is 15.4 Å². The maximum Gasteiger partial charge on any atom is 0.257 e. The molecule has 0 radical (unpaired) electrons. The predicted octanol–water partition coefficient (Wildman–Crippen LogP) is 2.82. The minimum absolute atomic E-state index is 0.211. The smallest absolute Gasteiger partial charge is 0.257 e. The van der Waals surface area contributed by atoms with Crippen LogP contribution in [-0.4, -0.2) is 37.8 Å². The third-order valence-electron chi connectivity index (χ3n) is 5.01. The highest BCUT2D eigenvalue weighted by atomic mass is 16.3. The van der Waals surface area contributed by atoms with Gasteiger partial charge in [-0.25, -0.2) is 9.50 Å². The van der Waals surface area contributed by atoms with Gasteiger partial charge < -0.3 is 10.4 Å². The molecule has 4 rings (SSSR count). The van der Waals surface area contributed by atoms with E-state index < -0.39 is 6.10 Å². The molecule has 2 heterocycles. The SMILES string of the molecule is O=C(N[C@@H]1CCCCC[C@H]1O)c1cnn2c(-c3ccccc3)ccnc12. The van der Waals surface area contributed by atoms with Crippen LogP contribution in [0.3, 0.4) is 0 Å². The van der Waals surface area contributed by atoms with Gasteiger partial charge in [0.2, 0.25) is 0 Å². The van der Waals surface area contributed by atoms with Crippen LogP contribution in [0.15, 0.2) is 48.8 Å². The Morgan fingerprint density at radius 3 is 2.77 bits per heavy atom. The van der Waals surface area contributed by atoms with Crippen LogP contribution in [-0.2, 0) is 0 Å². The standard InChI is InChI=1S/C20H22N4O2/c25-18-10-6-2-5-9-16(18)23-20(26)15-13-22-24-17(11-12-21-19(15)24)14-7-3-1-4-8-14/h1,3-4,7-8,11-13,16,18,25H,2,5-6,9-10H2,(H,23,26)/t16-,18-/m1/s1. The van der Waals surface area contributed by atoms with Crippen molar-refractivity contribution in [1.82, 2.24) is 19.9 Å². The topological polar surface area (TPSA) is 79.5 Å². The van der Waals surface area contributed by atoms with Gasteiger partial charge in [0.25, 0.3) is 5.91 Å². The summed E-state index contributed by atoms with van der Waals surface area (Å²) in [6.45, 7) is 0. The van der Waals surface area contributed by atoms with E-state index in [4.69, 9.17) is 0 Å². The molecule has 1 amide bonds. The van der Waals surface area contributed by atoms with Crippen molar-refractivity contribution in [2.75, 3.05) is 0 Å². The molecule has 0 aliphatic heterocycles. The van der Waals surface area contributed by atoms with Gasteiger partial charge in [0, 0.05) is 11.8 Å². The van der Waals surface area contributed by atoms with E-state index in [9.17, 15) is 9.90 Å². The minimum Gasteiger partial charge on any atom is -0.391 e. The molecule has 1 saturated carbocycles. The van der Waals surface area contributed by atoms with Crippen LogP contribution in [0, 0.1) is 0 Å². The van der Waals surface area contributed by atoms with Crippen LogP contribution in [0.1, 0.15) is 42.5 Å². The summed E-state index contributed by atoms with van der Waals surface area (Å²) in [6, 6.07) is 11.6. The molecule has 26 heavy (non-hydrogen) atoms. The summed E-state index contributed by atoms with van der Waals surface area (Å²) >= 11 is 0. The summed E-state index contributed by atoms with van der Waals surface area (Å²) in [5.74, 6) is -0.233. The molecule has 1 aromatic carbocycles. The zero-order chi connectivity index (χ0) is 17.9. The lowest BCUT2D eigenvalue weighted by atomic mass is 10.1. The summed E-state index contributed by atoms with van der Waals surface area (Å²) in [5.41, 5.74) is 2.84. The number of nitrogens with zero attached hydrogens (tertiary/aromatic N) is 3. The van der Waals surface area contributed by atoms with E-state index in [1.54, 1.807) is 16.9 Å². The lowest BCUT2D eigenvalue weighted by Crippen LogP contribution is -2.42. The molecule has 6 heteroatoms. The Kier molecular flexibility index (Phi) is 4.67. The van der Waals surface area contributed by atoms with Gasteiger partial charge in [0.15, 0.2) is 5.65 Å². The summed E-state index contributed by atoms with van der Waals surface area (Å²) in [4.78, 5) is 17.1. The highest BCUT2D eigenvalue weighted by Crippen LogP contribution is 2.22. The van der Waals surface area contributed by atoms with E-state index >= 15 is 0 Å². The largest absolute Gasteiger partial charge is 0.391 e. The van der Waals surface area contributed by atoms with E-state index in [0.29, 0.717) is 11.2 Å². The van der Waals surface area contributed by atoms with Crippen LogP contribution in [0.4, 0.5) is 0 Å². The Labute approximate surface area is 151 Å². The maximum absolute atomic E-state index is 12.8. The molecule has 2 aromatic heterocycles. The monoisotopic (exact) mass is 350 g/mol. The first-order valence-corrected chi connectivity index (χ1v) is 9.11. The highest BCUT2D eigenvalue weighted by Gasteiger charge is 2.25. The number of carbonyl (C=O) groups is 1. The lowest BCUT2D eigenvalue weighted by Gasteiger charge is -2.21. The molecule has 1 fully saturated rings. The molecule has 2 N–H and O–H groups in total. The molecular formula is C20H22N4O2. The van der Waals surface area contributed by atoms with Crippen molar-refractivity contribution in [1.29, 1.82) is 0 Å². The fourth-order valence-electron chi connectivity index (χ4n) is 3.58. The number of nitrogens with one attached hydrogen (secondary N) is 1. The summed E-state index contributed by atoms with van der Waals surface area (Å²) in [5, 5.41) is 17.6. The maximum atomic E-state index is 12.8. The van der Waals surface area contributed by atoms with Crippen molar-refractivity contribution in [2.24, 2.45) is 0 Å². The van der Waals surface area contributed by atoms with Crippen LogP contribution >= 0.6 is 0 Å². The molecule has 0 saturated heterocycles. The third kappa shape index (κ3) is 3.20. The van der Waals surface area contributed by atoms with Gasteiger partial charge in [0.05, 0.1) is 24.0 Å². The molecule has 134 valence electrons. The number of amides is 1. The molecule has 0 unspecified atom stereocenters. The molecule has 3 aromatic rings. The van der Waals surface area contributed by atoms with Gasteiger partial charge in [0.1, 0.15) is 5.56 Å². The van der Waals surface area contributed by atoms with Crippen LogP contribution in [0.5, 0.6) is 0 Å². The van der Waals surface area contributed by atoms with Gasteiger partial charge in [-0.2, -0.15) is 5.10 Å². The Balaban J connectivity index is 1.64. The van der Waals surface area contributed by atoms with Crippen molar-refractivity contribution in [2.45, 2.75) is 44.2 Å². The molecule has 0 spiro atoms. The van der Waals surface area contributed by atoms with Gasteiger partial charge in [-0.05, 0) is 18.9 Å². The second-order valence-electron chi connectivity index (χ2n) is 6.78. The quantitative estimate of drug-likeness (QED) is 0.712. The molecule has 6 nitrogen and oxygen atoms in total. The zero-order valence-corrected chi connectivity index (χ0v) is 14.5. The second-order valence-corrected chi connectivity index (χ2v) is 6.78. The summed E-state index contributed by atoms with van der Waals surface area (Å²) < 4.78 is 1.69.